The number of aromatic nitrogens is 2. The van der Waals surface area contributed by atoms with E-state index in [0.29, 0.717) is 26.2 Å². The molecule has 1 aliphatic heterocycles. The normalized spacial score (nSPS) is 14.7. The number of carbonyl (C=O) groups is 1. The summed E-state index contributed by atoms with van der Waals surface area (Å²) in [6.07, 6.45) is 4.79. The average molecular weight is 409 g/mol. The highest BCUT2D eigenvalue weighted by atomic mass is 32.1. The summed E-state index contributed by atoms with van der Waals surface area (Å²) in [4.78, 5) is 37.7. The zero-order valence-corrected chi connectivity index (χ0v) is 16.6. The number of non-ortho nitro benzene ring substituents is 1. The molecule has 0 N–H and O–H groups in total. The van der Waals surface area contributed by atoms with Crippen LogP contribution in [0, 0.1) is 17.0 Å². The van der Waals surface area contributed by atoms with Crippen LogP contribution in [0.1, 0.15) is 10.4 Å². The Hall–Kier alpha value is -3.33. The van der Waals surface area contributed by atoms with Gasteiger partial charge in [0.1, 0.15) is 17.0 Å². The molecule has 1 saturated heterocycles. The predicted molar refractivity (Wildman–Crippen MR) is 113 cm³/mol. The van der Waals surface area contributed by atoms with Crippen molar-refractivity contribution in [2.75, 3.05) is 31.1 Å². The van der Waals surface area contributed by atoms with Gasteiger partial charge < -0.3 is 9.80 Å². The summed E-state index contributed by atoms with van der Waals surface area (Å²) in [5, 5.41) is 11.8. The molecule has 9 heteroatoms. The molecule has 3 aromatic rings. The van der Waals surface area contributed by atoms with Crippen molar-refractivity contribution in [3.8, 4) is 0 Å². The molecule has 0 atom stereocenters. The number of hydrogen-bond acceptors (Lipinski definition) is 7. The van der Waals surface area contributed by atoms with Crippen molar-refractivity contribution < 1.29 is 9.72 Å². The van der Waals surface area contributed by atoms with Crippen molar-refractivity contribution in [1.82, 2.24) is 14.9 Å². The topological polar surface area (TPSA) is 92.5 Å². The molecule has 0 saturated carbocycles. The lowest BCUT2D eigenvalue weighted by Crippen LogP contribution is -2.48. The summed E-state index contributed by atoms with van der Waals surface area (Å²) >= 11 is 1.65. The molecule has 0 aliphatic carbocycles. The van der Waals surface area contributed by atoms with Gasteiger partial charge in [-0.1, -0.05) is 0 Å². The van der Waals surface area contributed by atoms with E-state index in [1.54, 1.807) is 40.8 Å². The maximum absolute atomic E-state index is 12.5. The van der Waals surface area contributed by atoms with Gasteiger partial charge in [0.15, 0.2) is 0 Å². The summed E-state index contributed by atoms with van der Waals surface area (Å²) in [7, 11) is 0. The third-order valence-electron chi connectivity index (χ3n) is 4.84. The van der Waals surface area contributed by atoms with Crippen molar-refractivity contribution in [3.63, 3.8) is 0 Å². The highest BCUT2D eigenvalue weighted by Crippen LogP contribution is 2.30. The minimum absolute atomic E-state index is 0.0317. The Kier molecular flexibility index (Phi) is 5.22. The molecule has 0 spiro atoms. The molecule has 3 heterocycles. The lowest BCUT2D eigenvalue weighted by molar-refractivity contribution is -0.384. The SMILES string of the molecule is Cc1cc2c(N3CCN(C(=O)/C=C/c4ccc([N+](=O)[O-])cc4)CC3)ncnc2s1. The molecule has 148 valence electrons. The van der Waals surface area contributed by atoms with Crippen LogP contribution in [0.3, 0.4) is 0 Å². The number of amides is 1. The van der Waals surface area contributed by atoms with Gasteiger partial charge in [-0.15, -0.1) is 11.3 Å². The summed E-state index contributed by atoms with van der Waals surface area (Å²) in [5.41, 5.74) is 0.781. The molecule has 1 amide bonds. The van der Waals surface area contributed by atoms with E-state index in [-0.39, 0.29) is 11.6 Å². The van der Waals surface area contributed by atoms with Crippen LogP contribution in [0.25, 0.3) is 16.3 Å². The monoisotopic (exact) mass is 409 g/mol. The van der Waals surface area contributed by atoms with E-state index in [9.17, 15) is 14.9 Å². The van der Waals surface area contributed by atoms with Crippen LogP contribution < -0.4 is 4.90 Å². The molecule has 2 aromatic heterocycles. The molecule has 0 bridgehead atoms. The molecular formula is C20H19N5O3S. The number of nitro groups is 1. The maximum Gasteiger partial charge on any atom is 0.269 e. The first-order valence-corrected chi connectivity index (χ1v) is 10.0. The lowest BCUT2D eigenvalue weighted by atomic mass is 10.2. The fraction of sp³-hybridized carbons (Fsp3) is 0.250. The molecule has 8 nitrogen and oxygen atoms in total. The van der Waals surface area contributed by atoms with E-state index < -0.39 is 4.92 Å². The number of nitro benzene ring substituents is 1. The molecule has 0 radical (unpaired) electrons. The Bertz CT molecular complexity index is 1090. The molecule has 1 aromatic carbocycles. The Morgan fingerprint density at radius 2 is 1.90 bits per heavy atom. The number of thiophene rings is 1. The number of fused-ring (bicyclic) bond motifs is 1. The third kappa shape index (κ3) is 4.09. The standard InChI is InChI=1S/C20H19N5O3S/c1-14-12-17-19(21-13-22-20(17)29-14)24-10-8-23(9-11-24)18(26)7-4-15-2-5-16(6-3-15)25(27)28/h2-7,12-13H,8-11H2,1H3/b7-4+. The first-order valence-electron chi connectivity index (χ1n) is 9.19. The van der Waals surface area contributed by atoms with Crippen LogP contribution in [0.5, 0.6) is 0 Å². The van der Waals surface area contributed by atoms with Gasteiger partial charge in [0.05, 0.1) is 10.3 Å². The van der Waals surface area contributed by atoms with Gasteiger partial charge >= 0.3 is 0 Å². The predicted octanol–water partition coefficient (Wildman–Crippen LogP) is 3.27. The van der Waals surface area contributed by atoms with Crippen LogP contribution in [0.4, 0.5) is 11.5 Å². The van der Waals surface area contributed by atoms with E-state index in [4.69, 9.17) is 0 Å². The van der Waals surface area contributed by atoms with Gasteiger partial charge in [0.2, 0.25) is 5.91 Å². The van der Waals surface area contributed by atoms with E-state index in [1.165, 1.54) is 23.1 Å². The third-order valence-corrected chi connectivity index (χ3v) is 5.80. The van der Waals surface area contributed by atoms with E-state index in [0.717, 1.165) is 21.6 Å². The van der Waals surface area contributed by atoms with Gasteiger partial charge in [0.25, 0.3) is 5.69 Å². The van der Waals surface area contributed by atoms with Gasteiger partial charge in [0, 0.05) is 49.3 Å². The van der Waals surface area contributed by atoms with Gasteiger partial charge in [-0.25, -0.2) is 9.97 Å². The molecular weight excluding hydrogens is 390 g/mol. The quantitative estimate of drug-likeness (QED) is 0.373. The summed E-state index contributed by atoms with van der Waals surface area (Å²) in [6.45, 7) is 4.69. The Morgan fingerprint density at radius 1 is 1.17 bits per heavy atom. The van der Waals surface area contributed by atoms with Crippen LogP contribution in [-0.2, 0) is 4.79 Å². The number of carbonyl (C=O) groups excluding carboxylic acids is 1. The summed E-state index contributed by atoms with van der Waals surface area (Å²) in [5.74, 6) is 0.857. The largest absolute Gasteiger partial charge is 0.352 e. The van der Waals surface area contributed by atoms with Gasteiger partial charge in [-0.3, -0.25) is 14.9 Å². The number of nitrogens with zero attached hydrogens (tertiary/aromatic N) is 5. The Labute approximate surface area is 171 Å². The molecule has 0 unspecified atom stereocenters. The van der Waals surface area contributed by atoms with Crippen molar-refractivity contribution >= 4 is 45.0 Å². The summed E-state index contributed by atoms with van der Waals surface area (Å²) < 4.78 is 0. The fourth-order valence-electron chi connectivity index (χ4n) is 3.33. The fourth-order valence-corrected chi connectivity index (χ4v) is 4.18. The average Bonchev–Trinajstić information content (AvgIpc) is 3.12. The maximum atomic E-state index is 12.5. The molecule has 4 rings (SSSR count). The van der Waals surface area contributed by atoms with Crippen molar-refractivity contribution in [2.24, 2.45) is 0 Å². The zero-order valence-electron chi connectivity index (χ0n) is 15.8. The number of benzene rings is 1. The second-order valence-corrected chi connectivity index (χ2v) is 8.00. The van der Waals surface area contributed by atoms with E-state index in [1.807, 2.05) is 0 Å². The number of anilines is 1. The molecule has 1 fully saturated rings. The van der Waals surface area contributed by atoms with Crippen LogP contribution in [0.2, 0.25) is 0 Å². The first kappa shape index (κ1) is 19.0. The highest BCUT2D eigenvalue weighted by Gasteiger charge is 2.22. The number of rotatable bonds is 4. The second kappa shape index (κ2) is 7.96. The lowest BCUT2D eigenvalue weighted by Gasteiger charge is -2.35. The Balaban J connectivity index is 1.38. The van der Waals surface area contributed by atoms with Crippen molar-refractivity contribution in [3.05, 3.63) is 63.3 Å². The van der Waals surface area contributed by atoms with Crippen LogP contribution >= 0.6 is 11.3 Å². The number of hydrogen-bond donors (Lipinski definition) is 0. The second-order valence-electron chi connectivity index (χ2n) is 6.77. The Morgan fingerprint density at radius 3 is 2.59 bits per heavy atom. The van der Waals surface area contributed by atoms with E-state index >= 15 is 0 Å². The molecule has 29 heavy (non-hydrogen) atoms. The zero-order chi connectivity index (χ0) is 20.4. The van der Waals surface area contributed by atoms with Crippen LogP contribution in [0.15, 0.2) is 42.7 Å². The van der Waals surface area contributed by atoms with Crippen molar-refractivity contribution in [2.45, 2.75) is 6.92 Å². The van der Waals surface area contributed by atoms with Crippen LogP contribution in [-0.4, -0.2) is 51.9 Å². The minimum Gasteiger partial charge on any atom is -0.352 e. The summed E-state index contributed by atoms with van der Waals surface area (Å²) in [6, 6.07) is 8.22. The van der Waals surface area contributed by atoms with E-state index in [2.05, 4.69) is 27.9 Å². The molecule has 1 aliphatic rings. The number of aryl methyl sites for hydroxylation is 1. The van der Waals surface area contributed by atoms with Gasteiger partial charge in [-0.05, 0) is 36.8 Å². The van der Waals surface area contributed by atoms with Crippen molar-refractivity contribution in [1.29, 1.82) is 0 Å². The highest BCUT2D eigenvalue weighted by molar-refractivity contribution is 7.18. The number of piperazine rings is 1. The first-order chi connectivity index (χ1) is 14.0. The van der Waals surface area contributed by atoms with Gasteiger partial charge in [-0.2, -0.15) is 0 Å². The minimum atomic E-state index is -0.443. The smallest absolute Gasteiger partial charge is 0.269 e.